The van der Waals surface area contributed by atoms with Gasteiger partial charge >= 0.3 is 0 Å². The summed E-state index contributed by atoms with van der Waals surface area (Å²) in [5.41, 5.74) is 0.896. The Balaban J connectivity index is 2.39. The van der Waals surface area contributed by atoms with Crippen LogP contribution in [0.2, 0.25) is 0 Å². The molecule has 0 aliphatic carbocycles. The van der Waals surface area contributed by atoms with E-state index in [9.17, 15) is 15.0 Å². The minimum absolute atomic E-state index is 0.292. The number of aliphatic hydroxyl groups is 2. The zero-order valence-corrected chi connectivity index (χ0v) is 7.08. The van der Waals surface area contributed by atoms with Crippen molar-refractivity contribution in [1.82, 2.24) is 0 Å². The summed E-state index contributed by atoms with van der Waals surface area (Å²) in [6.07, 6.45) is -2.29. The molecular weight excluding hydrogens is 188 g/mol. The fourth-order valence-electron chi connectivity index (χ4n) is 1.39. The van der Waals surface area contributed by atoms with Crippen molar-refractivity contribution in [2.24, 2.45) is 0 Å². The zero-order valence-electron chi connectivity index (χ0n) is 7.08. The molecule has 5 heteroatoms. The first kappa shape index (κ1) is 9.14. The van der Waals surface area contributed by atoms with Crippen molar-refractivity contribution in [2.75, 3.05) is 0 Å². The Morgan fingerprint density at radius 3 is 2.71 bits per heavy atom. The second-order valence-electron chi connectivity index (χ2n) is 2.85. The molecule has 1 heterocycles. The van der Waals surface area contributed by atoms with Gasteiger partial charge in [0.05, 0.1) is 0 Å². The molecule has 0 aromatic heterocycles. The van der Waals surface area contributed by atoms with E-state index in [-0.39, 0.29) is 0 Å². The van der Waals surface area contributed by atoms with Crippen molar-refractivity contribution in [3.63, 3.8) is 0 Å². The minimum atomic E-state index is -1.17. The van der Waals surface area contributed by atoms with Crippen LogP contribution in [0.5, 0.6) is 5.75 Å². The number of benzene rings is 1. The number of carbonyl (C=O) groups is 1. The minimum Gasteiger partial charge on any atom is -0.429 e. The van der Waals surface area contributed by atoms with Gasteiger partial charge in [-0.15, -0.1) is 0 Å². The Hall–Kier alpha value is -1.43. The predicted octanol–water partition coefficient (Wildman–Crippen LogP) is 0.234. The van der Waals surface area contributed by atoms with E-state index in [0.29, 0.717) is 23.3 Å². The van der Waals surface area contributed by atoms with Crippen LogP contribution >= 0.6 is 0 Å². The molecule has 2 atom stereocenters. The van der Waals surface area contributed by atoms with Crippen LogP contribution in [0.4, 0.5) is 0 Å². The molecule has 1 aromatic carbocycles. The zero-order chi connectivity index (χ0) is 10.1. The number of ether oxygens (including phenoxy) is 2. The molecule has 0 radical (unpaired) electrons. The SMILES string of the molecule is O=COc1ccc2c(c1)C(O)OC2O. The molecular formula is C9H8O5. The molecule has 0 saturated carbocycles. The fourth-order valence-corrected chi connectivity index (χ4v) is 1.39. The summed E-state index contributed by atoms with van der Waals surface area (Å²) in [4.78, 5) is 10.1. The van der Waals surface area contributed by atoms with E-state index < -0.39 is 12.6 Å². The Morgan fingerprint density at radius 2 is 2.00 bits per heavy atom. The molecule has 0 amide bonds. The quantitative estimate of drug-likeness (QED) is 0.662. The summed E-state index contributed by atoms with van der Waals surface area (Å²) in [7, 11) is 0. The fraction of sp³-hybridized carbons (Fsp3) is 0.222. The van der Waals surface area contributed by atoms with Crippen molar-refractivity contribution in [3.05, 3.63) is 29.3 Å². The summed E-state index contributed by atoms with van der Waals surface area (Å²) >= 11 is 0. The van der Waals surface area contributed by atoms with Gasteiger partial charge in [0, 0.05) is 11.1 Å². The van der Waals surface area contributed by atoms with Gasteiger partial charge in [0.15, 0.2) is 12.6 Å². The van der Waals surface area contributed by atoms with Crippen LogP contribution in [0.25, 0.3) is 0 Å². The molecule has 14 heavy (non-hydrogen) atoms. The molecule has 1 aliphatic rings. The Kier molecular flexibility index (Phi) is 2.20. The van der Waals surface area contributed by atoms with E-state index in [2.05, 4.69) is 4.74 Å². The maximum absolute atomic E-state index is 10.1. The van der Waals surface area contributed by atoms with Crippen LogP contribution < -0.4 is 4.74 Å². The number of rotatable bonds is 2. The van der Waals surface area contributed by atoms with Gasteiger partial charge in [-0.2, -0.15) is 0 Å². The molecule has 74 valence electrons. The third-order valence-electron chi connectivity index (χ3n) is 2.03. The van der Waals surface area contributed by atoms with Gasteiger partial charge in [0.2, 0.25) is 0 Å². The smallest absolute Gasteiger partial charge is 0.298 e. The lowest BCUT2D eigenvalue weighted by Crippen LogP contribution is -1.95. The number of hydrogen-bond acceptors (Lipinski definition) is 5. The monoisotopic (exact) mass is 196 g/mol. The highest BCUT2D eigenvalue weighted by Crippen LogP contribution is 2.37. The summed E-state index contributed by atoms with van der Waals surface area (Å²) in [5.74, 6) is 0.301. The highest BCUT2D eigenvalue weighted by molar-refractivity contribution is 5.48. The van der Waals surface area contributed by atoms with E-state index in [4.69, 9.17) is 4.74 Å². The lowest BCUT2D eigenvalue weighted by molar-refractivity contribution is -0.193. The van der Waals surface area contributed by atoms with Crippen LogP contribution in [-0.4, -0.2) is 16.7 Å². The van der Waals surface area contributed by atoms with Gasteiger partial charge in [-0.3, -0.25) is 4.79 Å². The Labute approximate surface area is 79.5 Å². The largest absolute Gasteiger partial charge is 0.429 e. The standard InChI is InChI=1S/C9H8O5/c10-4-13-5-1-2-6-7(3-5)9(12)14-8(6)11/h1-4,8-9,11-12H. The lowest BCUT2D eigenvalue weighted by Gasteiger charge is -2.03. The molecule has 0 spiro atoms. The highest BCUT2D eigenvalue weighted by atomic mass is 16.7. The maximum atomic E-state index is 10.1. The molecule has 1 aliphatic heterocycles. The molecule has 2 rings (SSSR count). The van der Waals surface area contributed by atoms with E-state index in [1.165, 1.54) is 18.2 Å². The third kappa shape index (κ3) is 1.37. The van der Waals surface area contributed by atoms with E-state index >= 15 is 0 Å². The van der Waals surface area contributed by atoms with Crippen molar-refractivity contribution in [2.45, 2.75) is 12.6 Å². The third-order valence-corrected chi connectivity index (χ3v) is 2.03. The maximum Gasteiger partial charge on any atom is 0.298 e. The molecule has 0 bridgehead atoms. The first-order chi connectivity index (χ1) is 6.72. The van der Waals surface area contributed by atoms with Crippen molar-refractivity contribution < 1.29 is 24.5 Å². The average molecular weight is 196 g/mol. The highest BCUT2D eigenvalue weighted by Gasteiger charge is 2.29. The number of aliphatic hydroxyl groups excluding tert-OH is 2. The second-order valence-corrected chi connectivity index (χ2v) is 2.85. The van der Waals surface area contributed by atoms with E-state index in [1.54, 1.807) is 0 Å². The average Bonchev–Trinajstić information content (AvgIpc) is 2.43. The van der Waals surface area contributed by atoms with Gasteiger partial charge in [-0.05, 0) is 18.2 Å². The number of fused-ring (bicyclic) bond motifs is 1. The first-order valence-corrected chi connectivity index (χ1v) is 3.98. The van der Waals surface area contributed by atoms with Crippen LogP contribution in [0.3, 0.4) is 0 Å². The van der Waals surface area contributed by atoms with Gasteiger partial charge < -0.3 is 19.7 Å². The van der Waals surface area contributed by atoms with Gasteiger partial charge in [-0.25, -0.2) is 0 Å². The van der Waals surface area contributed by atoms with Gasteiger partial charge in [0.1, 0.15) is 5.75 Å². The number of carbonyl (C=O) groups excluding carboxylic acids is 1. The molecule has 1 aromatic rings. The van der Waals surface area contributed by atoms with E-state index in [0.717, 1.165) is 0 Å². The summed E-state index contributed by atoms with van der Waals surface area (Å²) in [6.45, 7) is 0.292. The van der Waals surface area contributed by atoms with Gasteiger partial charge in [0.25, 0.3) is 6.47 Å². The summed E-state index contributed by atoms with van der Waals surface area (Å²) in [6, 6.07) is 4.50. The van der Waals surface area contributed by atoms with Crippen LogP contribution in [0.1, 0.15) is 23.7 Å². The molecule has 2 N–H and O–H groups in total. The summed E-state index contributed by atoms with van der Waals surface area (Å²) < 4.78 is 9.32. The summed E-state index contributed by atoms with van der Waals surface area (Å²) in [5, 5.41) is 18.6. The van der Waals surface area contributed by atoms with Crippen molar-refractivity contribution >= 4 is 6.47 Å². The molecule has 5 nitrogen and oxygen atoms in total. The van der Waals surface area contributed by atoms with Gasteiger partial charge in [-0.1, -0.05) is 0 Å². The molecule has 0 fully saturated rings. The normalized spacial score (nSPS) is 24.4. The molecule has 2 unspecified atom stereocenters. The Morgan fingerprint density at radius 1 is 1.29 bits per heavy atom. The number of hydrogen-bond donors (Lipinski definition) is 2. The lowest BCUT2D eigenvalue weighted by atomic mass is 10.1. The van der Waals surface area contributed by atoms with E-state index in [1.807, 2.05) is 0 Å². The van der Waals surface area contributed by atoms with Crippen molar-refractivity contribution in [3.8, 4) is 5.75 Å². The first-order valence-electron chi connectivity index (χ1n) is 3.98. The van der Waals surface area contributed by atoms with Crippen LogP contribution in [0, 0.1) is 0 Å². The van der Waals surface area contributed by atoms with Crippen LogP contribution in [0.15, 0.2) is 18.2 Å². The second kappa shape index (κ2) is 3.38. The topological polar surface area (TPSA) is 76.0 Å². The predicted molar refractivity (Wildman–Crippen MR) is 44.1 cm³/mol. The van der Waals surface area contributed by atoms with Crippen molar-refractivity contribution in [1.29, 1.82) is 0 Å². The Bertz CT molecular complexity index is 362. The van der Waals surface area contributed by atoms with Crippen LogP contribution in [-0.2, 0) is 9.53 Å². The molecule has 0 saturated heterocycles.